The first-order chi connectivity index (χ1) is 18.4. The molecule has 0 saturated carbocycles. The normalized spacial score (nSPS) is 17.4. The van der Waals surface area contributed by atoms with Crippen LogP contribution in [-0.2, 0) is 14.8 Å². The van der Waals surface area contributed by atoms with E-state index in [1.165, 1.54) is 22.5 Å². The summed E-state index contributed by atoms with van der Waals surface area (Å²) in [6.45, 7) is 6.26. The summed E-state index contributed by atoms with van der Waals surface area (Å²) in [5.41, 5.74) is 2.84. The lowest BCUT2D eigenvalue weighted by atomic mass is 10.1. The number of piperidine rings is 1. The predicted molar refractivity (Wildman–Crippen MR) is 153 cm³/mol. The maximum absolute atomic E-state index is 13.2. The van der Waals surface area contributed by atoms with Gasteiger partial charge in [-0.15, -0.1) is 0 Å². The van der Waals surface area contributed by atoms with Gasteiger partial charge in [0.15, 0.2) is 5.17 Å². The quantitative estimate of drug-likeness (QED) is 0.385. The molecule has 2 aliphatic rings. The Bertz CT molecular complexity index is 1490. The van der Waals surface area contributed by atoms with Crippen LogP contribution < -0.4 is 0 Å². The number of thioether (sulfide) groups is 1. The van der Waals surface area contributed by atoms with Crippen LogP contribution in [0.1, 0.15) is 38.7 Å². The molecule has 8 nitrogen and oxygen atoms in total. The van der Waals surface area contributed by atoms with Gasteiger partial charge in [-0.1, -0.05) is 44.2 Å². The van der Waals surface area contributed by atoms with Crippen molar-refractivity contribution in [3.05, 3.63) is 71.3 Å². The van der Waals surface area contributed by atoms with E-state index in [-0.39, 0.29) is 10.8 Å². The number of aliphatic imine (C=N–C) groups is 1. The number of rotatable bonds is 7. The van der Waals surface area contributed by atoms with Crippen LogP contribution >= 0.6 is 11.8 Å². The number of amides is 1. The summed E-state index contributed by atoms with van der Waals surface area (Å²) < 4.78 is 29.6. The Kier molecular flexibility index (Phi) is 7.83. The molecule has 1 fully saturated rings. The summed E-state index contributed by atoms with van der Waals surface area (Å²) in [5, 5.41) is 5.59. The standard InChI is InChI=1S/C28H31N5O3S2/c1-3-32(4-2)38(35,36)24-15-11-12-21(18-24)26-22(20-33(30-26)23-13-7-5-8-14-23)19-25-27(34)29-28(37-25)31-16-9-6-10-17-31/h5,7-8,11-15,18-20H,3-4,6,9-10,16-17H2,1-2H3/b25-19-. The third kappa shape index (κ3) is 5.34. The second-order valence-corrected chi connectivity index (χ2v) is 12.1. The minimum Gasteiger partial charge on any atom is -0.351 e. The van der Waals surface area contributed by atoms with E-state index in [0.717, 1.165) is 42.3 Å². The average molecular weight is 550 g/mol. The molecular formula is C28H31N5O3S2. The van der Waals surface area contributed by atoms with Crippen molar-refractivity contribution in [1.29, 1.82) is 0 Å². The van der Waals surface area contributed by atoms with E-state index in [4.69, 9.17) is 5.10 Å². The van der Waals surface area contributed by atoms with Crippen molar-refractivity contribution < 1.29 is 13.2 Å². The molecule has 5 rings (SSSR count). The molecule has 1 amide bonds. The highest BCUT2D eigenvalue weighted by atomic mass is 32.2. The molecule has 0 radical (unpaired) electrons. The zero-order valence-electron chi connectivity index (χ0n) is 21.6. The van der Waals surface area contributed by atoms with Crippen molar-refractivity contribution in [1.82, 2.24) is 19.0 Å². The Balaban J connectivity index is 1.55. The average Bonchev–Trinajstić information content (AvgIpc) is 3.54. The van der Waals surface area contributed by atoms with Gasteiger partial charge in [-0.05, 0) is 61.4 Å². The Morgan fingerprint density at radius 3 is 2.45 bits per heavy atom. The minimum absolute atomic E-state index is 0.216. The molecule has 3 heterocycles. The molecule has 3 aromatic rings. The fraction of sp³-hybridized carbons (Fsp3) is 0.321. The fourth-order valence-corrected chi connectivity index (χ4v) is 7.17. The molecule has 1 aromatic heterocycles. The van der Waals surface area contributed by atoms with Crippen molar-refractivity contribution >= 4 is 38.9 Å². The van der Waals surface area contributed by atoms with Gasteiger partial charge in [0.1, 0.15) is 5.69 Å². The van der Waals surface area contributed by atoms with Gasteiger partial charge in [-0.25, -0.2) is 13.1 Å². The van der Waals surface area contributed by atoms with Crippen LogP contribution in [0.5, 0.6) is 0 Å². The first-order valence-electron chi connectivity index (χ1n) is 12.9. The molecule has 0 bridgehead atoms. The molecule has 38 heavy (non-hydrogen) atoms. The number of carbonyl (C=O) groups is 1. The summed E-state index contributed by atoms with van der Waals surface area (Å²) in [4.78, 5) is 20.1. The number of benzene rings is 2. The van der Waals surface area contributed by atoms with Crippen LogP contribution in [0.3, 0.4) is 0 Å². The number of nitrogens with zero attached hydrogens (tertiary/aromatic N) is 5. The van der Waals surface area contributed by atoms with Crippen LogP contribution in [-0.4, -0.2) is 64.7 Å². The molecule has 0 unspecified atom stereocenters. The lowest BCUT2D eigenvalue weighted by molar-refractivity contribution is -0.113. The molecule has 0 aliphatic carbocycles. The molecule has 2 aromatic carbocycles. The number of sulfonamides is 1. The van der Waals surface area contributed by atoms with Crippen LogP contribution in [0.4, 0.5) is 0 Å². The number of amidine groups is 1. The molecule has 0 N–H and O–H groups in total. The molecule has 0 spiro atoms. The van der Waals surface area contributed by atoms with Crippen molar-refractivity contribution in [2.45, 2.75) is 38.0 Å². The molecule has 2 aliphatic heterocycles. The monoisotopic (exact) mass is 549 g/mol. The Hall–Kier alpha value is -3.21. The van der Waals surface area contributed by atoms with Gasteiger partial charge in [-0.2, -0.15) is 14.4 Å². The number of aromatic nitrogens is 2. The maximum atomic E-state index is 13.2. The number of hydrogen-bond acceptors (Lipinski definition) is 6. The van der Waals surface area contributed by atoms with Crippen LogP contribution in [0, 0.1) is 0 Å². The largest absolute Gasteiger partial charge is 0.351 e. The van der Waals surface area contributed by atoms with Gasteiger partial charge in [0.05, 0.1) is 15.5 Å². The number of para-hydroxylation sites is 1. The number of likely N-dealkylation sites (tertiary alicyclic amines) is 1. The third-order valence-electron chi connectivity index (χ3n) is 6.74. The van der Waals surface area contributed by atoms with Crippen molar-refractivity contribution in [2.24, 2.45) is 4.99 Å². The summed E-state index contributed by atoms with van der Waals surface area (Å²) in [6, 6.07) is 16.5. The Morgan fingerprint density at radius 2 is 1.74 bits per heavy atom. The highest BCUT2D eigenvalue weighted by Crippen LogP contribution is 2.34. The SMILES string of the molecule is CCN(CC)S(=O)(=O)c1cccc(-c2nn(-c3ccccc3)cc2/C=C2\SC(N3CCCCC3)=NC2=O)c1. The number of carbonyl (C=O) groups excluding carboxylic acids is 1. The molecule has 198 valence electrons. The second-order valence-electron chi connectivity index (χ2n) is 9.19. The fourth-order valence-electron chi connectivity index (χ4n) is 4.71. The topological polar surface area (TPSA) is 87.9 Å². The van der Waals surface area contributed by atoms with Gasteiger partial charge in [-0.3, -0.25) is 4.79 Å². The minimum atomic E-state index is -3.64. The zero-order valence-corrected chi connectivity index (χ0v) is 23.2. The first kappa shape index (κ1) is 26.4. The van der Waals surface area contributed by atoms with E-state index >= 15 is 0 Å². The van der Waals surface area contributed by atoms with Crippen molar-refractivity contribution in [3.8, 4) is 16.9 Å². The van der Waals surface area contributed by atoms with Gasteiger partial charge in [0.25, 0.3) is 5.91 Å². The van der Waals surface area contributed by atoms with E-state index in [1.54, 1.807) is 22.9 Å². The smallest absolute Gasteiger partial charge is 0.286 e. The van der Waals surface area contributed by atoms with Crippen molar-refractivity contribution in [2.75, 3.05) is 26.2 Å². The lowest BCUT2D eigenvalue weighted by Gasteiger charge is -2.27. The summed E-state index contributed by atoms with van der Waals surface area (Å²) in [7, 11) is -3.64. The van der Waals surface area contributed by atoms with Gasteiger partial charge in [0, 0.05) is 43.5 Å². The second kappa shape index (κ2) is 11.3. The van der Waals surface area contributed by atoms with E-state index < -0.39 is 10.0 Å². The zero-order chi connectivity index (χ0) is 26.7. The van der Waals surface area contributed by atoms with E-state index in [0.29, 0.717) is 29.3 Å². The molecule has 10 heteroatoms. The molecule has 1 saturated heterocycles. The van der Waals surface area contributed by atoms with Gasteiger partial charge >= 0.3 is 0 Å². The van der Waals surface area contributed by atoms with Crippen LogP contribution in [0.2, 0.25) is 0 Å². The highest BCUT2D eigenvalue weighted by Gasteiger charge is 2.28. The lowest BCUT2D eigenvalue weighted by Crippen LogP contribution is -2.33. The Labute approximate surface area is 228 Å². The van der Waals surface area contributed by atoms with Crippen LogP contribution in [0.15, 0.2) is 75.6 Å². The third-order valence-corrected chi connectivity index (χ3v) is 9.83. The van der Waals surface area contributed by atoms with Crippen molar-refractivity contribution in [3.63, 3.8) is 0 Å². The summed E-state index contributed by atoms with van der Waals surface area (Å²) in [6.07, 6.45) is 7.11. The molecule has 0 atom stereocenters. The van der Waals surface area contributed by atoms with Gasteiger partial charge < -0.3 is 4.90 Å². The first-order valence-corrected chi connectivity index (χ1v) is 15.2. The van der Waals surface area contributed by atoms with Gasteiger partial charge in [0.2, 0.25) is 10.0 Å². The van der Waals surface area contributed by atoms with E-state index in [9.17, 15) is 13.2 Å². The summed E-state index contributed by atoms with van der Waals surface area (Å²) >= 11 is 1.39. The maximum Gasteiger partial charge on any atom is 0.286 e. The highest BCUT2D eigenvalue weighted by molar-refractivity contribution is 8.18. The van der Waals surface area contributed by atoms with E-state index in [1.807, 2.05) is 62.5 Å². The Morgan fingerprint density at radius 1 is 1.00 bits per heavy atom. The van der Waals surface area contributed by atoms with E-state index in [2.05, 4.69) is 9.89 Å². The molecular weight excluding hydrogens is 518 g/mol. The predicted octanol–water partition coefficient (Wildman–Crippen LogP) is 5.03. The summed E-state index contributed by atoms with van der Waals surface area (Å²) in [5.74, 6) is -0.258. The number of hydrogen-bond donors (Lipinski definition) is 0. The van der Waals surface area contributed by atoms with Crippen LogP contribution in [0.25, 0.3) is 23.0 Å².